The number of amides is 2. The van der Waals surface area contributed by atoms with Crippen LogP contribution >= 0.6 is 0 Å². The fraction of sp³-hybridized carbons (Fsp3) is 0.167. The van der Waals surface area contributed by atoms with Gasteiger partial charge in [-0.25, -0.2) is 14.4 Å². The van der Waals surface area contributed by atoms with Gasteiger partial charge in [-0.1, -0.05) is 35.9 Å². The molecule has 2 saturated heterocycles. The lowest BCUT2D eigenvalue weighted by Gasteiger charge is -2.28. The lowest BCUT2D eigenvalue weighted by molar-refractivity contribution is -0.384. The van der Waals surface area contributed by atoms with Gasteiger partial charge in [-0.2, -0.15) is 0 Å². The molecule has 0 bridgehead atoms. The minimum Gasteiger partial charge on any atom is -0.273 e. The molecule has 0 N–H and O–H groups in total. The number of hydrogen-bond acceptors (Lipinski definition) is 6. The van der Waals surface area contributed by atoms with E-state index >= 15 is 0 Å². The summed E-state index contributed by atoms with van der Waals surface area (Å²) >= 11 is 0. The highest BCUT2D eigenvalue weighted by molar-refractivity contribution is 6.23. The summed E-state index contributed by atoms with van der Waals surface area (Å²) in [5, 5.41) is 12.7. The van der Waals surface area contributed by atoms with Crippen LogP contribution in [0.1, 0.15) is 17.2 Å². The molecule has 2 aliphatic heterocycles. The van der Waals surface area contributed by atoms with Gasteiger partial charge in [-0.3, -0.25) is 24.5 Å². The number of carbonyl (C=O) groups excluding carboxylic acids is 2. The standard InChI is InChI=1S/C24H18FN3O5/c1-14-5-7-15(8-6-14)21-20-22(33-27(21)18-3-2-4-19(13-18)28(31)32)24(30)26(23(20)29)17-11-9-16(25)10-12-17/h2-13,20-22H,1H3/t20-,21+,22+/m0/s1. The van der Waals surface area contributed by atoms with Crippen molar-refractivity contribution in [1.29, 1.82) is 0 Å². The summed E-state index contributed by atoms with van der Waals surface area (Å²) in [6.45, 7) is 1.93. The molecule has 9 heteroatoms. The maximum absolute atomic E-state index is 13.5. The van der Waals surface area contributed by atoms with Crippen molar-refractivity contribution in [2.45, 2.75) is 19.1 Å². The third-order valence-electron chi connectivity index (χ3n) is 5.91. The van der Waals surface area contributed by atoms with Crippen LogP contribution in [-0.2, 0) is 14.4 Å². The number of nitrogens with zero attached hydrogens (tertiary/aromatic N) is 3. The molecule has 2 heterocycles. The molecule has 33 heavy (non-hydrogen) atoms. The van der Waals surface area contributed by atoms with Gasteiger partial charge in [0, 0.05) is 12.1 Å². The predicted molar refractivity (Wildman–Crippen MR) is 117 cm³/mol. The Labute approximate surface area is 187 Å². The molecule has 0 unspecified atom stereocenters. The van der Waals surface area contributed by atoms with E-state index in [9.17, 15) is 24.1 Å². The van der Waals surface area contributed by atoms with Crippen molar-refractivity contribution in [1.82, 2.24) is 0 Å². The normalized spacial score (nSPS) is 22.1. The third kappa shape index (κ3) is 3.42. The predicted octanol–water partition coefficient (Wildman–Crippen LogP) is 4.09. The lowest BCUT2D eigenvalue weighted by Crippen LogP contribution is -2.37. The molecular weight excluding hydrogens is 429 g/mol. The zero-order valence-corrected chi connectivity index (χ0v) is 17.4. The second-order valence-corrected chi connectivity index (χ2v) is 8.00. The van der Waals surface area contributed by atoms with Crippen molar-refractivity contribution in [3.8, 4) is 0 Å². The Bertz CT molecular complexity index is 1260. The number of imide groups is 1. The van der Waals surface area contributed by atoms with Crippen molar-refractivity contribution in [3.63, 3.8) is 0 Å². The number of fused-ring (bicyclic) bond motifs is 1. The van der Waals surface area contributed by atoms with E-state index in [4.69, 9.17) is 4.84 Å². The fourth-order valence-electron chi connectivity index (χ4n) is 4.33. The van der Waals surface area contributed by atoms with Gasteiger partial charge in [-0.15, -0.1) is 0 Å². The largest absolute Gasteiger partial charge is 0.273 e. The Morgan fingerprint density at radius 2 is 1.64 bits per heavy atom. The van der Waals surface area contributed by atoms with Crippen molar-refractivity contribution in [2.75, 3.05) is 9.96 Å². The van der Waals surface area contributed by atoms with Gasteiger partial charge in [0.2, 0.25) is 5.91 Å². The number of aryl methyl sites for hydroxylation is 1. The molecule has 0 aromatic heterocycles. The van der Waals surface area contributed by atoms with Gasteiger partial charge in [0.05, 0.1) is 22.3 Å². The molecule has 0 spiro atoms. The summed E-state index contributed by atoms with van der Waals surface area (Å²) in [7, 11) is 0. The van der Waals surface area contributed by atoms with Crippen molar-refractivity contribution in [3.05, 3.63) is 99.9 Å². The van der Waals surface area contributed by atoms with Gasteiger partial charge in [-0.05, 0) is 42.8 Å². The van der Waals surface area contributed by atoms with Gasteiger partial charge in [0.25, 0.3) is 11.6 Å². The van der Waals surface area contributed by atoms with Crippen LogP contribution in [0.15, 0.2) is 72.8 Å². The molecule has 8 nitrogen and oxygen atoms in total. The molecule has 0 saturated carbocycles. The van der Waals surface area contributed by atoms with Crippen LogP contribution in [0.5, 0.6) is 0 Å². The minimum absolute atomic E-state index is 0.138. The van der Waals surface area contributed by atoms with Crippen LogP contribution in [0.25, 0.3) is 0 Å². The van der Waals surface area contributed by atoms with Crippen LogP contribution in [0.4, 0.5) is 21.5 Å². The molecule has 2 aliphatic rings. The van der Waals surface area contributed by atoms with E-state index in [0.717, 1.165) is 16.0 Å². The van der Waals surface area contributed by atoms with E-state index in [1.807, 2.05) is 31.2 Å². The zero-order chi connectivity index (χ0) is 23.3. The number of anilines is 2. The van der Waals surface area contributed by atoms with E-state index in [1.54, 1.807) is 6.07 Å². The number of benzene rings is 3. The Balaban J connectivity index is 1.59. The number of halogens is 1. The van der Waals surface area contributed by atoms with E-state index in [1.165, 1.54) is 47.5 Å². The molecule has 3 aromatic carbocycles. The molecule has 166 valence electrons. The topological polar surface area (TPSA) is 93.0 Å². The zero-order valence-electron chi connectivity index (χ0n) is 17.4. The Morgan fingerprint density at radius 1 is 0.939 bits per heavy atom. The minimum atomic E-state index is -1.12. The van der Waals surface area contributed by atoms with Crippen molar-refractivity contribution in [2.24, 2.45) is 5.92 Å². The molecule has 3 aromatic rings. The highest BCUT2D eigenvalue weighted by atomic mass is 19.1. The van der Waals surface area contributed by atoms with E-state index < -0.39 is 40.6 Å². The molecule has 2 fully saturated rings. The number of hydrogen-bond donors (Lipinski definition) is 0. The van der Waals surface area contributed by atoms with Gasteiger partial charge < -0.3 is 0 Å². The average Bonchev–Trinajstić information content (AvgIpc) is 3.31. The summed E-state index contributed by atoms with van der Waals surface area (Å²) in [4.78, 5) is 44.5. The summed E-state index contributed by atoms with van der Waals surface area (Å²) in [6.07, 6.45) is -1.12. The number of non-ortho nitro benzene ring substituents is 1. The average molecular weight is 447 g/mol. The molecule has 3 atom stereocenters. The highest BCUT2D eigenvalue weighted by Crippen LogP contribution is 2.48. The first kappa shape index (κ1) is 20.8. The fourth-order valence-corrected chi connectivity index (χ4v) is 4.33. The quantitative estimate of drug-likeness (QED) is 0.340. The van der Waals surface area contributed by atoms with Crippen molar-refractivity contribution >= 4 is 28.9 Å². The van der Waals surface area contributed by atoms with Gasteiger partial charge in [0.15, 0.2) is 6.10 Å². The first-order valence-electron chi connectivity index (χ1n) is 10.3. The highest BCUT2D eigenvalue weighted by Gasteiger charge is 2.60. The Morgan fingerprint density at radius 3 is 2.30 bits per heavy atom. The van der Waals surface area contributed by atoms with Crippen LogP contribution in [0.2, 0.25) is 0 Å². The molecular formula is C24H18FN3O5. The third-order valence-corrected chi connectivity index (χ3v) is 5.91. The monoisotopic (exact) mass is 447 g/mol. The first-order valence-corrected chi connectivity index (χ1v) is 10.3. The van der Waals surface area contributed by atoms with Crippen LogP contribution < -0.4 is 9.96 Å². The van der Waals surface area contributed by atoms with Gasteiger partial charge >= 0.3 is 0 Å². The summed E-state index contributed by atoms with van der Waals surface area (Å²) < 4.78 is 13.4. The van der Waals surface area contributed by atoms with Crippen LogP contribution in [-0.4, -0.2) is 22.8 Å². The van der Waals surface area contributed by atoms with E-state index in [-0.39, 0.29) is 11.4 Å². The molecule has 5 rings (SSSR count). The number of carbonyl (C=O) groups is 2. The first-order chi connectivity index (χ1) is 15.8. The lowest BCUT2D eigenvalue weighted by atomic mass is 9.90. The second-order valence-electron chi connectivity index (χ2n) is 8.00. The van der Waals surface area contributed by atoms with Crippen LogP contribution in [0.3, 0.4) is 0 Å². The molecule has 0 radical (unpaired) electrons. The maximum Gasteiger partial charge on any atom is 0.271 e. The number of nitro groups is 1. The van der Waals surface area contributed by atoms with E-state index in [2.05, 4.69) is 0 Å². The van der Waals surface area contributed by atoms with Crippen LogP contribution in [0, 0.1) is 28.8 Å². The summed E-state index contributed by atoms with van der Waals surface area (Å²) in [5.41, 5.74) is 2.22. The SMILES string of the molecule is Cc1ccc([C@@H]2[C@@H]3C(=O)N(c4ccc(F)cc4)C(=O)[C@@H]3ON2c2cccc([N+](=O)[O-])c2)cc1. The summed E-state index contributed by atoms with van der Waals surface area (Å²) in [6, 6.07) is 17.7. The molecule has 0 aliphatic carbocycles. The van der Waals surface area contributed by atoms with Gasteiger partial charge in [0.1, 0.15) is 11.7 Å². The Kier molecular flexibility index (Phi) is 4.90. The Hall–Kier alpha value is -4.11. The maximum atomic E-state index is 13.5. The molecule has 2 amide bonds. The number of nitro benzene ring substituents is 1. The van der Waals surface area contributed by atoms with E-state index in [0.29, 0.717) is 5.69 Å². The summed E-state index contributed by atoms with van der Waals surface area (Å²) in [5.74, 6) is -2.41. The van der Waals surface area contributed by atoms with Crippen molar-refractivity contribution < 1.29 is 23.7 Å². The smallest absolute Gasteiger partial charge is 0.271 e. The number of rotatable bonds is 4. The second kappa shape index (κ2) is 7.79. The number of hydroxylamine groups is 1.